The third-order valence-electron chi connectivity index (χ3n) is 3.42. The lowest BCUT2D eigenvalue weighted by molar-refractivity contribution is -0.142. The van der Waals surface area contributed by atoms with E-state index in [1.807, 2.05) is 0 Å². The summed E-state index contributed by atoms with van der Waals surface area (Å²) in [4.78, 5) is 0. The van der Waals surface area contributed by atoms with Gasteiger partial charge in [0.25, 0.3) is 0 Å². The van der Waals surface area contributed by atoms with E-state index >= 15 is 0 Å². The largest absolute Gasteiger partial charge is 0.418 e. The van der Waals surface area contributed by atoms with Gasteiger partial charge in [0, 0.05) is 16.9 Å². The van der Waals surface area contributed by atoms with Crippen molar-refractivity contribution in [3.63, 3.8) is 0 Å². The summed E-state index contributed by atoms with van der Waals surface area (Å²) in [6.45, 7) is 0. The van der Waals surface area contributed by atoms with Crippen molar-refractivity contribution >= 4 is 11.4 Å². The molecule has 0 aliphatic rings. The molecule has 2 aromatic carbocycles. The van der Waals surface area contributed by atoms with Gasteiger partial charge in [0.05, 0.1) is 16.7 Å². The van der Waals surface area contributed by atoms with Gasteiger partial charge in [-0.15, -0.1) is 0 Å². The SMILES string of the molecule is Nc1cc(C(F)(F)F)c(-c2ccc(N)c(C(F)(F)F)c2)c(C(F)(F)F)c1. The van der Waals surface area contributed by atoms with Crippen molar-refractivity contribution in [1.82, 2.24) is 0 Å². The van der Waals surface area contributed by atoms with Crippen molar-refractivity contribution in [3.8, 4) is 11.1 Å². The Morgan fingerprint density at radius 1 is 0.577 bits per heavy atom. The molecule has 2 nitrogen and oxygen atoms in total. The highest BCUT2D eigenvalue weighted by Gasteiger charge is 2.42. The minimum atomic E-state index is -5.29. The van der Waals surface area contributed by atoms with Crippen LogP contribution in [-0.4, -0.2) is 0 Å². The molecule has 0 saturated carbocycles. The second-order valence-corrected chi connectivity index (χ2v) is 5.29. The van der Waals surface area contributed by atoms with Crippen LogP contribution in [0.4, 0.5) is 50.9 Å². The number of rotatable bonds is 1. The Morgan fingerprint density at radius 2 is 1.00 bits per heavy atom. The van der Waals surface area contributed by atoms with Crippen LogP contribution in [-0.2, 0) is 18.5 Å². The third kappa shape index (κ3) is 3.81. The maximum atomic E-state index is 13.2. The van der Waals surface area contributed by atoms with E-state index in [9.17, 15) is 39.5 Å². The fraction of sp³-hybridized carbons (Fsp3) is 0.200. The zero-order chi connectivity index (χ0) is 20.1. The molecule has 0 fully saturated rings. The zero-order valence-corrected chi connectivity index (χ0v) is 12.4. The first-order chi connectivity index (χ1) is 11.6. The fourth-order valence-corrected chi connectivity index (χ4v) is 2.38. The lowest BCUT2D eigenvalue weighted by atomic mass is 9.91. The molecule has 0 aromatic heterocycles. The van der Waals surface area contributed by atoms with Crippen LogP contribution in [0.1, 0.15) is 16.7 Å². The van der Waals surface area contributed by atoms with E-state index in [0.29, 0.717) is 12.1 Å². The first-order valence-corrected chi connectivity index (χ1v) is 6.67. The van der Waals surface area contributed by atoms with Gasteiger partial charge < -0.3 is 11.5 Å². The number of alkyl halides is 9. The van der Waals surface area contributed by atoms with Crippen LogP contribution in [0, 0.1) is 0 Å². The summed E-state index contributed by atoms with van der Waals surface area (Å²) in [7, 11) is 0. The van der Waals surface area contributed by atoms with Crippen molar-refractivity contribution < 1.29 is 39.5 Å². The molecule has 0 amide bonds. The van der Waals surface area contributed by atoms with Gasteiger partial charge in [0.1, 0.15) is 0 Å². The van der Waals surface area contributed by atoms with Crippen molar-refractivity contribution in [2.75, 3.05) is 11.5 Å². The van der Waals surface area contributed by atoms with E-state index in [0.717, 1.165) is 0 Å². The van der Waals surface area contributed by atoms with Gasteiger partial charge in [-0.2, -0.15) is 39.5 Å². The van der Waals surface area contributed by atoms with Gasteiger partial charge in [0.2, 0.25) is 0 Å². The minimum Gasteiger partial charge on any atom is -0.399 e. The second kappa shape index (κ2) is 5.99. The molecule has 2 aromatic rings. The number of hydrogen-bond acceptors (Lipinski definition) is 2. The molecule has 0 aliphatic carbocycles. The van der Waals surface area contributed by atoms with Crippen LogP contribution in [0.25, 0.3) is 11.1 Å². The molecule has 0 atom stereocenters. The molecule has 0 bridgehead atoms. The maximum absolute atomic E-state index is 13.2. The minimum absolute atomic E-state index is 0.144. The zero-order valence-electron chi connectivity index (χ0n) is 12.4. The monoisotopic (exact) mass is 388 g/mol. The third-order valence-corrected chi connectivity index (χ3v) is 3.42. The van der Waals surface area contributed by atoms with E-state index < -0.39 is 57.7 Å². The number of halogens is 9. The molecule has 0 aliphatic heterocycles. The lowest BCUT2D eigenvalue weighted by Crippen LogP contribution is -2.16. The van der Waals surface area contributed by atoms with Crippen LogP contribution in [0.5, 0.6) is 0 Å². The Labute approximate surface area is 140 Å². The topological polar surface area (TPSA) is 52.0 Å². The summed E-state index contributed by atoms with van der Waals surface area (Å²) >= 11 is 0. The molecule has 0 radical (unpaired) electrons. The predicted molar refractivity (Wildman–Crippen MR) is 75.7 cm³/mol. The number of anilines is 2. The number of nitrogens with two attached hydrogens (primary N) is 2. The summed E-state index contributed by atoms with van der Waals surface area (Å²) in [6, 6.07) is 1.85. The van der Waals surface area contributed by atoms with Gasteiger partial charge in [-0.1, -0.05) is 6.07 Å². The quantitative estimate of drug-likeness (QED) is 0.495. The number of benzene rings is 2. The van der Waals surface area contributed by atoms with Crippen LogP contribution in [0.2, 0.25) is 0 Å². The Balaban J connectivity index is 2.93. The van der Waals surface area contributed by atoms with E-state index in [-0.39, 0.29) is 18.2 Å². The molecule has 0 saturated heterocycles. The van der Waals surface area contributed by atoms with E-state index in [2.05, 4.69) is 0 Å². The second-order valence-electron chi connectivity index (χ2n) is 5.29. The molecular weight excluding hydrogens is 379 g/mol. The summed E-state index contributed by atoms with van der Waals surface area (Å²) in [5.41, 5.74) is 1.05. The van der Waals surface area contributed by atoms with E-state index in [1.54, 1.807) is 0 Å². The lowest BCUT2D eigenvalue weighted by Gasteiger charge is -2.21. The Bertz CT molecular complexity index is 797. The molecule has 0 unspecified atom stereocenters. The van der Waals surface area contributed by atoms with Crippen molar-refractivity contribution in [2.24, 2.45) is 0 Å². The molecule has 11 heteroatoms. The van der Waals surface area contributed by atoms with Gasteiger partial charge in [-0.3, -0.25) is 0 Å². The van der Waals surface area contributed by atoms with Crippen LogP contribution >= 0.6 is 0 Å². The smallest absolute Gasteiger partial charge is 0.399 e. The van der Waals surface area contributed by atoms with Gasteiger partial charge in [0.15, 0.2) is 0 Å². The van der Waals surface area contributed by atoms with Gasteiger partial charge in [-0.05, 0) is 29.8 Å². The summed E-state index contributed by atoms with van der Waals surface area (Å²) in [5.74, 6) is 0. The average molecular weight is 388 g/mol. The van der Waals surface area contributed by atoms with Crippen LogP contribution in [0.15, 0.2) is 30.3 Å². The van der Waals surface area contributed by atoms with E-state index in [1.165, 1.54) is 0 Å². The highest BCUT2D eigenvalue weighted by Crippen LogP contribution is 2.47. The Morgan fingerprint density at radius 3 is 1.38 bits per heavy atom. The summed E-state index contributed by atoms with van der Waals surface area (Å²) < 4.78 is 118. The number of hydrogen-bond donors (Lipinski definition) is 2. The molecule has 0 heterocycles. The Kier molecular flexibility index (Phi) is 4.55. The van der Waals surface area contributed by atoms with Gasteiger partial charge in [-0.25, -0.2) is 0 Å². The normalized spacial score (nSPS) is 13.1. The highest BCUT2D eigenvalue weighted by atomic mass is 19.4. The average Bonchev–Trinajstić information content (AvgIpc) is 2.44. The van der Waals surface area contributed by atoms with Gasteiger partial charge >= 0.3 is 18.5 Å². The molecule has 142 valence electrons. The van der Waals surface area contributed by atoms with Crippen LogP contribution < -0.4 is 11.5 Å². The Hall–Kier alpha value is -2.59. The van der Waals surface area contributed by atoms with E-state index in [4.69, 9.17) is 11.5 Å². The molecule has 0 spiro atoms. The first-order valence-electron chi connectivity index (χ1n) is 6.67. The standard InChI is InChI=1S/C15H9F9N2/c16-13(17,18)8-3-6(1-2-11(8)26)12-9(14(19,20)21)4-7(25)5-10(12)15(22,23)24/h1-5H,25-26H2. The predicted octanol–water partition coefficient (Wildman–Crippen LogP) is 5.57. The van der Waals surface area contributed by atoms with Crippen molar-refractivity contribution in [2.45, 2.75) is 18.5 Å². The van der Waals surface area contributed by atoms with Crippen molar-refractivity contribution in [3.05, 3.63) is 47.0 Å². The first kappa shape index (κ1) is 19.7. The maximum Gasteiger partial charge on any atom is 0.418 e. The number of nitrogen functional groups attached to an aromatic ring is 2. The highest BCUT2D eigenvalue weighted by molar-refractivity contribution is 5.77. The molecule has 2 rings (SSSR count). The molecule has 26 heavy (non-hydrogen) atoms. The fourth-order valence-electron chi connectivity index (χ4n) is 2.38. The summed E-state index contributed by atoms with van der Waals surface area (Å²) in [5, 5.41) is 0. The molecular formula is C15H9F9N2. The summed E-state index contributed by atoms with van der Waals surface area (Å²) in [6.07, 6.45) is -15.6. The van der Waals surface area contributed by atoms with Crippen molar-refractivity contribution in [1.29, 1.82) is 0 Å². The molecule has 4 N–H and O–H groups in total. The van der Waals surface area contributed by atoms with Crippen LogP contribution in [0.3, 0.4) is 0 Å².